The molecule has 0 aliphatic carbocycles. The van der Waals surface area contributed by atoms with Gasteiger partial charge in [-0.1, -0.05) is 13.0 Å². The zero-order chi connectivity index (χ0) is 26.3. The molecule has 7 nitrogen and oxygen atoms in total. The maximum Gasteiger partial charge on any atom is 0.281 e. The zero-order valence-corrected chi connectivity index (χ0v) is 20.7. The number of sulfonamides is 1. The van der Waals surface area contributed by atoms with Crippen LogP contribution in [-0.4, -0.2) is 36.4 Å². The fraction of sp³-hybridized carbons (Fsp3) is 0.320. The Kier molecular flexibility index (Phi) is 6.78. The van der Waals surface area contributed by atoms with Crippen molar-refractivity contribution in [3.05, 3.63) is 82.9 Å². The van der Waals surface area contributed by atoms with Gasteiger partial charge in [0.05, 0.1) is 5.56 Å². The molecule has 0 radical (unpaired) electrons. The molecule has 11 heteroatoms. The molecule has 1 N–H and O–H groups in total. The van der Waals surface area contributed by atoms with Crippen LogP contribution in [0, 0.1) is 23.4 Å². The molecule has 1 aliphatic heterocycles. The first kappa shape index (κ1) is 25.6. The Morgan fingerprint density at radius 2 is 1.83 bits per heavy atom. The van der Waals surface area contributed by atoms with Crippen LogP contribution in [0.15, 0.2) is 53.7 Å². The van der Waals surface area contributed by atoms with Crippen LogP contribution in [0.1, 0.15) is 48.8 Å². The first-order valence-corrected chi connectivity index (χ1v) is 12.7. The molecule has 0 bridgehead atoms. The topological polar surface area (TPSA) is 92.3 Å². The van der Waals surface area contributed by atoms with Gasteiger partial charge in [-0.05, 0) is 50.5 Å². The number of benzene rings is 1. The Morgan fingerprint density at radius 1 is 1.14 bits per heavy atom. The molecular weight excluding hydrogens is 493 g/mol. The third-order valence-electron chi connectivity index (χ3n) is 6.11. The van der Waals surface area contributed by atoms with Crippen LogP contribution in [0.25, 0.3) is 0 Å². The summed E-state index contributed by atoms with van der Waals surface area (Å²) in [6, 6.07) is 7.98. The summed E-state index contributed by atoms with van der Waals surface area (Å²) in [6.07, 6.45) is 2.01. The number of carbonyl (C=O) groups is 1. The lowest BCUT2D eigenvalue weighted by atomic mass is 9.97. The summed E-state index contributed by atoms with van der Waals surface area (Å²) in [6.45, 7) is 6.83. The van der Waals surface area contributed by atoms with Crippen LogP contribution in [0.3, 0.4) is 0 Å². The number of rotatable bonds is 6. The highest BCUT2D eigenvalue weighted by Gasteiger charge is 2.39. The van der Waals surface area contributed by atoms with Gasteiger partial charge in [0.25, 0.3) is 15.9 Å². The summed E-state index contributed by atoms with van der Waals surface area (Å²) < 4.78 is 69.3. The number of nitrogens with one attached hydrogen (secondary N) is 1. The van der Waals surface area contributed by atoms with E-state index in [2.05, 4.69) is 16.9 Å². The third kappa shape index (κ3) is 5.20. The lowest BCUT2D eigenvalue weighted by molar-refractivity contribution is 0.0981. The number of halogens is 3. The molecule has 1 unspecified atom stereocenters. The van der Waals surface area contributed by atoms with Gasteiger partial charge < -0.3 is 4.90 Å². The van der Waals surface area contributed by atoms with Crippen LogP contribution in [0.5, 0.6) is 0 Å². The van der Waals surface area contributed by atoms with Crippen LogP contribution in [-0.2, 0) is 16.4 Å². The number of nitrogens with zero attached hydrogens (tertiary/aromatic N) is 3. The Hall–Kier alpha value is -3.47. The molecule has 36 heavy (non-hydrogen) atoms. The summed E-state index contributed by atoms with van der Waals surface area (Å²) in [5.41, 5.74) is -0.618. The largest absolute Gasteiger partial charge is 0.351 e. The third-order valence-corrected chi connectivity index (χ3v) is 7.34. The molecule has 1 atom stereocenters. The second-order valence-corrected chi connectivity index (χ2v) is 11.2. The Balaban J connectivity index is 1.59. The number of pyridine rings is 2. The number of hydrogen-bond acceptors (Lipinski definition) is 6. The van der Waals surface area contributed by atoms with E-state index in [-0.39, 0.29) is 16.8 Å². The first-order chi connectivity index (χ1) is 16.9. The van der Waals surface area contributed by atoms with Crippen molar-refractivity contribution in [2.45, 2.75) is 44.2 Å². The molecule has 1 fully saturated rings. The molecule has 1 aliphatic rings. The van der Waals surface area contributed by atoms with Gasteiger partial charge in [0.2, 0.25) is 0 Å². The van der Waals surface area contributed by atoms with E-state index < -0.39 is 50.4 Å². The van der Waals surface area contributed by atoms with E-state index in [1.807, 2.05) is 23.5 Å². The summed E-state index contributed by atoms with van der Waals surface area (Å²) in [7, 11) is -4.43. The normalized spacial score (nSPS) is 17.3. The highest BCUT2D eigenvalue weighted by Crippen LogP contribution is 2.37. The zero-order valence-electron chi connectivity index (χ0n) is 19.9. The molecule has 1 saturated heterocycles. The summed E-state index contributed by atoms with van der Waals surface area (Å²) in [5, 5.41) is -0.503. The Morgan fingerprint density at radius 3 is 2.47 bits per heavy atom. The molecule has 1 amide bonds. The van der Waals surface area contributed by atoms with Gasteiger partial charge in [-0.25, -0.2) is 27.9 Å². The molecular formula is C25H25F3N4O3S. The molecule has 2 aromatic heterocycles. The highest BCUT2D eigenvalue weighted by molar-refractivity contribution is 7.90. The van der Waals surface area contributed by atoms with Crippen molar-refractivity contribution < 1.29 is 26.4 Å². The maximum atomic E-state index is 14.0. The average Bonchev–Trinajstić information content (AvgIpc) is 3.07. The van der Waals surface area contributed by atoms with Gasteiger partial charge in [0.15, 0.2) is 5.03 Å². The van der Waals surface area contributed by atoms with Crippen molar-refractivity contribution in [2.24, 2.45) is 5.92 Å². The molecule has 4 rings (SSSR count). The molecule has 0 saturated carbocycles. The minimum Gasteiger partial charge on any atom is -0.351 e. The van der Waals surface area contributed by atoms with E-state index in [4.69, 9.17) is 0 Å². The van der Waals surface area contributed by atoms with Crippen LogP contribution < -0.4 is 9.62 Å². The van der Waals surface area contributed by atoms with Gasteiger partial charge in [0, 0.05) is 48.1 Å². The smallest absolute Gasteiger partial charge is 0.281 e. The van der Waals surface area contributed by atoms with Gasteiger partial charge in [0.1, 0.15) is 23.3 Å². The first-order valence-electron chi connectivity index (χ1n) is 11.3. The van der Waals surface area contributed by atoms with Crippen LogP contribution >= 0.6 is 0 Å². The van der Waals surface area contributed by atoms with E-state index in [0.717, 1.165) is 12.5 Å². The van der Waals surface area contributed by atoms with Crippen LogP contribution in [0.4, 0.5) is 19.0 Å². The monoisotopic (exact) mass is 518 g/mol. The predicted octanol–water partition coefficient (Wildman–Crippen LogP) is 4.23. The van der Waals surface area contributed by atoms with Crippen molar-refractivity contribution >= 4 is 21.7 Å². The number of hydrogen-bond donors (Lipinski definition) is 1. The molecule has 3 heterocycles. The molecule has 190 valence electrons. The van der Waals surface area contributed by atoms with Crippen molar-refractivity contribution in [1.29, 1.82) is 0 Å². The fourth-order valence-corrected chi connectivity index (χ4v) is 5.56. The lowest BCUT2D eigenvalue weighted by Gasteiger charge is -2.33. The Labute approximate surface area is 207 Å². The number of anilines is 1. The predicted molar refractivity (Wildman–Crippen MR) is 127 cm³/mol. The minimum atomic E-state index is -4.43. The van der Waals surface area contributed by atoms with E-state index >= 15 is 0 Å². The van der Waals surface area contributed by atoms with Gasteiger partial charge >= 0.3 is 0 Å². The standard InChI is InChI=1S/C25H25F3N4O3S/c1-15-13-25(2,3)32(14-15)23-18(7-5-9-29-23)24(33)31-36(34,35)22-8-4-6-17(30-22)12-19-20(27)10-16(26)11-21(19)28/h4-11,15H,12-14H2,1-3H3,(H,31,33). The van der Waals surface area contributed by atoms with Crippen molar-refractivity contribution in [3.8, 4) is 0 Å². The second-order valence-electron chi connectivity index (χ2n) is 9.53. The van der Waals surface area contributed by atoms with Crippen molar-refractivity contribution in [2.75, 3.05) is 11.4 Å². The molecule has 1 aromatic carbocycles. The second kappa shape index (κ2) is 9.53. The fourth-order valence-electron chi connectivity index (χ4n) is 4.61. The number of aromatic nitrogens is 2. The summed E-state index contributed by atoms with van der Waals surface area (Å²) >= 11 is 0. The van der Waals surface area contributed by atoms with Gasteiger partial charge in [-0.3, -0.25) is 4.79 Å². The van der Waals surface area contributed by atoms with Gasteiger partial charge in [-0.15, -0.1) is 0 Å². The van der Waals surface area contributed by atoms with E-state index in [1.165, 1.54) is 18.2 Å². The summed E-state index contributed by atoms with van der Waals surface area (Å²) in [5.74, 6) is -3.43. The van der Waals surface area contributed by atoms with Crippen molar-refractivity contribution in [1.82, 2.24) is 14.7 Å². The highest BCUT2D eigenvalue weighted by atomic mass is 32.2. The van der Waals surface area contributed by atoms with E-state index in [0.29, 0.717) is 30.4 Å². The van der Waals surface area contributed by atoms with Crippen LogP contribution in [0.2, 0.25) is 0 Å². The number of amides is 1. The SMILES string of the molecule is CC1CN(c2ncccc2C(=O)NS(=O)(=O)c2cccc(Cc3c(F)cc(F)cc3F)n2)C(C)(C)C1. The Bertz CT molecular complexity index is 1410. The average molecular weight is 519 g/mol. The molecule has 0 spiro atoms. The quantitative estimate of drug-likeness (QED) is 0.525. The maximum absolute atomic E-state index is 14.0. The minimum absolute atomic E-state index is 0.0182. The molecule has 3 aromatic rings. The lowest BCUT2D eigenvalue weighted by Crippen LogP contribution is -2.41. The number of carbonyl (C=O) groups excluding carboxylic acids is 1. The van der Waals surface area contributed by atoms with Gasteiger partial charge in [-0.2, -0.15) is 8.42 Å². The summed E-state index contributed by atoms with van der Waals surface area (Å²) in [4.78, 5) is 23.4. The van der Waals surface area contributed by atoms with Crippen molar-refractivity contribution in [3.63, 3.8) is 0 Å². The van der Waals surface area contributed by atoms with E-state index in [1.54, 1.807) is 12.3 Å². The van der Waals surface area contributed by atoms with E-state index in [9.17, 15) is 26.4 Å².